The van der Waals surface area contributed by atoms with Crippen molar-refractivity contribution < 1.29 is 18.3 Å². The first-order chi connectivity index (χ1) is 6.75. The predicted octanol–water partition coefficient (Wildman–Crippen LogP) is 1.88. The molecule has 14 heavy (non-hydrogen) atoms. The van der Waals surface area contributed by atoms with Gasteiger partial charge in [0.05, 0.1) is 13.2 Å². The summed E-state index contributed by atoms with van der Waals surface area (Å²) in [5.41, 5.74) is 0.415. The Morgan fingerprint density at radius 1 is 1.21 bits per heavy atom. The minimum Gasteiger partial charge on any atom is -0.350 e. The molecule has 2 nitrogen and oxygen atoms in total. The largest absolute Gasteiger partial charge is 0.350 e. The number of halogens is 2. The molecule has 1 heterocycles. The van der Waals surface area contributed by atoms with E-state index in [1.807, 2.05) is 0 Å². The second-order valence-electron chi connectivity index (χ2n) is 3.11. The van der Waals surface area contributed by atoms with Gasteiger partial charge in [-0.3, -0.25) is 0 Å². The molecule has 0 saturated carbocycles. The summed E-state index contributed by atoms with van der Waals surface area (Å²) < 4.78 is 36.0. The van der Waals surface area contributed by atoms with Crippen molar-refractivity contribution in [2.45, 2.75) is 12.7 Å². The highest BCUT2D eigenvalue weighted by atomic mass is 19.1. The molecule has 1 saturated heterocycles. The standard InChI is InChI=1S/C10H10F2O2/c11-8-2-1-7(9(12)6-8)5-10-13-3-4-14-10/h1-2,6,10H,3-5H2. The van der Waals surface area contributed by atoms with E-state index in [1.165, 1.54) is 12.1 Å². The highest BCUT2D eigenvalue weighted by Gasteiger charge is 2.18. The van der Waals surface area contributed by atoms with E-state index in [9.17, 15) is 8.78 Å². The predicted molar refractivity (Wildman–Crippen MR) is 45.8 cm³/mol. The first kappa shape index (κ1) is 9.55. The Labute approximate surface area is 80.4 Å². The van der Waals surface area contributed by atoms with Gasteiger partial charge in [-0.15, -0.1) is 0 Å². The molecule has 0 unspecified atom stereocenters. The Morgan fingerprint density at radius 2 is 1.93 bits per heavy atom. The maximum atomic E-state index is 13.2. The summed E-state index contributed by atoms with van der Waals surface area (Å²) in [5, 5.41) is 0. The summed E-state index contributed by atoms with van der Waals surface area (Å²) in [6.07, 6.45) is -0.0680. The molecule has 1 fully saturated rings. The Bertz CT molecular complexity index is 322. The van der Waals surface area contributed by atoms with Crippen molar-refractivity contribution in [1.29, 1.82) is 0 Å². The molecule has 0 amide bonds. The average Bonchev–Trinajstić information content (AvgIpc) is 2.62. The zero-order valence-electron chi connectivity index (χ0n) is 7.50. The molecule has 0 spiro atoms. The minimum absolute atomic E-state index is 0.326. The molecule has 1 aromatic rings. The highest BCUT2D eigenvalue weighted by Crippen LogP contribution is 2.15. The van der Waals surface area contributed by atoms with E-state index in [1.54, 1.807) is 0 Å². The van der Waals surface area contributed by atoms with E-state index >= 15 is 0 Å². The minimum atomic E-state index is -0.570. The summed E-state index contributed by atoms with van der Waals surface area (Å²) in [7, 11) is 0. The maximum Gasteiger partial charge on any atom is 0.161 e. The summed E-state index contributed by atoms with van der Waals surface area (Å²) in [4.78, 5) is 0. The van der Waals surface area contributed by atoms with E-state index in [0.717, 1.165) is 6.07 Å². The van der Waals surface area contributed by atoms with Crippen LogP contribution in [-0.4, -0.2) is 19.5 Å². The van der Waals surface area contributed by atoms with Crippen LogP contribution in [0.5, 0.6) is 0 Å². The number of ether oxygens (including phenoxy) is 2. The lowest BCUT2D eigenvalue weighted by atomic mass is 10.1. The lowest BCUT2D eigenvalue weighted by Crippen LogP contribution is -2.12. The highest BCUT2D eigenvalue weighted by molar-refractivity contribution is 5.19. The van der Waals surface area contributed by atoms with Gasteiger partial charge in [0.2, 0.25) is 0 Å². The normalized spacial score (nSPS) is 17.6. The van der Waals surface area contributed by atoms with Crippen LogP contribution < -0.4 is 0 Å². The molecule has 0 bridgehead atoms. The van der Waals surface area contributed by atoms with Gasteiger partial charge in [-0.1, -0.05) is 6.07 Å². The molecule has 4 heteroatoms. The van der Waals surface area contributed by atoms with Crippen LogP contribution in [0.2, 0.25) is 0 Å². The first-order valence-electron chi connectivity index (χ1n) is 4.43. The quantitative estimate of drug-likeness (QED) is 0.725. The van der Waals surface area contributed by atoms with Crippen LogP contribution in [-0.2, 0) is 15.9 Å². The van der Waals surface area contributed by atoms with Crippen LogP contribution in [0.1, 0.15) is 5.56 Å². The van der Waals surface area contributed by atoms with Crippen molar-refractivity contribution in [1.82, 2.24) is 0 Å². The molecule has 0 aromatic heterocycles. The van der Waals surface area contributed by atoms with Crippen LogP contribution in [0.4, 0.5) is 8.78 Å². The van der Waals surface area contributed by atoms with Gasteiger partial charge in [-0.2, -0.15) is 0 Å². The van der Waals surface area contributed by atoms with Gasteiger partial charge in [0.15, 0.2) is 6.29 Å². The van der Waals surface area contributed by atoms with Crippen molar-refractivity contribution in [2.24, 2.45) is 0 Å². The lowest BCUT2D eigenvalue weighted by Gasteiger charge is -2.09. The van der Waals surface area contributed by atoms with Crippen molar-refractivity contribution in [3.8, 4) is 0 Å². The SMILES string of the molecule is Fc1ccc(CC2OCCO2)c(F)c1. The number of hydrogen-bond donors (Lipinski definition) is 0. The van der Waals surface area contributed by atoms with Crippen molar-refractivity contribution >= 4 is 0 Å². The van der Waals surface area contributed by atoms with Crippen LogP contribution in [0, 0.1) is 11.6 Å². The molecule has 1 aliphatic heterocycles. The maximum absolute atomic E-state index is 13.2. The molecule has 1 aliphatic rings. The van der Waals surface area contributed by atoms with Gasteiger partial charge in [0.25, 0.3) is 0 Å². The average molecular weight is 200 g/mol. The van der Waals surface area contributed by atoms with Gasteiger partial charge >= 0.3 is 0 Å². The monoisotopic (exact) mass is 200 g/mol. The van der Waals surface area contributed by atoms with Gasteiger partial charge in [-0.05, 0) is 11.6 Å². The fraction of sp³-hybridized carbons (Fsp3) is 0.400. The van der Waals surface area contributed by atoms with Crippen molar-refractivity contribution in [3.63, 3.8) is 0 Å². The zero-order valence-corrected chi connectivity index (χ0v) is 7.50. The third kappa shape index (κ3) is 2.08. The van der Waals surface area contributed by atoms with Gasteiger partial charge < -0.3 is 9.47 Å². The number of hydrogen-bond acceptors (Lipinski definition) is 2. The number of rotatable bonds is 2. The molecule has 0 atom stereocenters. The van der Waals surface area contributed by atoms with E-state index < -0.39 is 17.9 Å². The van der Waals surface area contributed by atoms with Crippen molar-refractivity contribution in [3.05, 3.63) is 35.4 Å². The molecular weight excluding hydrogens is 190 g/mol. The fourth-order valence-corrected chi connectivity index (χ4v) is 1.39. The number of benzene rings is 1. The second-order valence-corrected chi connectivity index (χ2v) is 3.11. The molecule has 0 N–H and O–H groups in total. The van der Waals surface area contributed by atoms with Crippen LogP contribution in [0.25, 0.3) is 0 Å². The fourth-order valence-electron chi connectivity index (χ4n) is 1.39. The van der Waals surface area contributed by atoms with Crippen LogP contribution in [0.3, 0.4) is 0 Å². The van der Waals surface area contributed by atoms with Crippen molar-refractivity contribution in [2.75, 3.05) is 13.2 Å². The summed E-state index contributed by atoms with van der Waals surface area (Å²) >= 11 is 0. The van der Waals surface area contributed by atoms with Crippen LogP contribution >= 0.6 is 0 Å². The topological polar surface area (TPSA) is 18.5 Å². The molecular formula is C10H10F2O2. The van der Waals surface area contributed by atoms with E-state index in [2.05, 4.69) is 0 Å². The van der Waals surface area contributed by atoms with Gasteiger partial charge in [0, 0.05) is 12.5 Å². The lowest BCUT2D eigenvalue weighted by molar-refractivity contribution is -0.0405. The molecule has 76 valence electrons. The molecule has 0 radical (unpaired) electrons. The Balaban J connectivity index is 2.08. The third-order valence-electron chi connectivity index (χ3n) is 2.09. The van der Waals surface area contributed by atoms with E-state index in [-0.39, 0.29) is 0 Å². The summed E-state index contributed by atoms with van der Waals surface area (Å²) in [5.74, 6) is -1.12. The Morgan fingerprint density at radius 3 is 2.57 bits per heavy atom. The third-order valence-corrected chi connectivity index (χ3v) is 2.09. The molecule has 0 aliphatic carbocycles. The van der Waals surface area contributed by atoms with Crippen LogP contribution in [0.15, 0.2) is 18.2 Å². The summed E-state index contributed by atoms with van der Waals surface area (Å²) in [6, 6.07) is 3.51. The van der Waals surface area contributed by atoms with E-state index in [4.69, 9.17) is 9.47 Å². The second kappa shape index (κ2) is 4.02. The Kier molecular flexibility index (Phi) is 2.74. The first-order valence-corrected chi connectivity index (χ1v) is 4.43. The van der Waals surface area contributed by atoms with Gasteiger partial charge in [-0.25, -0.2) is 8.78 Å². The smallest absolute Gasteiger partial charge is 0.161 e. The van der Waals surface area contributed by atoms with E-state index in [0.29, 0.717) is 25.2 Å². The summed E-state index contributed by atoms with van der Waals surface area (Å²) in [6.45, 7) is 1.07. The molecule has 2 rings (SSSR count). The van der Waals surface area contributed by atoms with Gasteiger partial charge in [0.1, 0.15) is 11.6 Å². The Hall–Kier alpha value is -1.00. The zero-order chi connectivity index (χ0) is 9.97. The molecule has 1 aromatic carbocycles.